The number of benzene rings is 1. The van der Waals surface area contributed by atoms with E-state index in [9.17, 15) is 4.79 Å². The quantitative estimate of drug-likeness (QED) is 0.685. The Morgan fingerprint density at radius 1 is 1.14 bits per heavy atom. The number of rotatable bonds is 4. The fourth-order valence-electron chi connectivity index (χ4n) is 1.79. The third kappa shape index (κ3) is 3.00. The first-order valence-corrected chi connectivity index (χ1v) is 6.34. The van der Waals surface area contributed by atoms with Gasteiger partial charge in [-0.25, -0.2) is 4.79 Å². The molecule has 0 amide bonds. The lowest BCUT2D eigenvalue weighted by Crippen LogP contribution is -2.03. The Bertz CT molecular complexity index is 746. The van der Waals surface area contributed by atoms with Gasteiger partial charge in [0.25, 0.3) is 0 Å². The van der Waals surface area contributed by atoms with Crippen molar-refractivity contribution in [2.24, 2.45) is 0 Å². The number of aryl methyl sites for hydroxylation is 1. The highest BCUT2D eigenvalue weighted by Crippen LogP contribution is 2.19. The van der Waals surface area contributed by atoms with Gasteiger partial charge in [0.1, 0.15) is 5.69 Å². The number of esters is 1. The molecule has 21 heavy (non-hydrogen) atoms. The zero-order valence-electron chi connectivity index (χ0n) is 11.3. The van der Waals surface area contributed by atoms with Gasteiger partial charge in [-0.2, -0.15) is 0 Å². The van der Waals surface area contributed by atoms with Crippen molar-refractivity contribution in [2.75, 3.05) is 0 Å². The minimum atomic E-state index is -0.590. The molecule has 1 aromatic carbocycles. The van der Waals surface area contributed by atoms with Gasteiger partial charge in [0.15, 0.2) is 12.4 Å². The maximum atomic E-state index is 11.7. The van der Waals surface area contributed by atoms with E-state index in [1.54, 1.807) is 13.0 Å². The molecule has 0 fully saturated rings. The van der Waals surface area contributed by atoms with Gasteiger partial charge in [0, 0.05) is 17.7 Å². The highest BCUT2D eigenvalue weighted by atomic mass is 16.6. The molecule has 0 aliphatic carbocycles. The maximum absolute atomic E-state index is 11.7. The van der Waals surface area contributed by atoms with Crippen LogP contribution in [0.4, 0.5) is 0 Å². The number of hydrogen-bond donors (Lipinski definition) is 0. The van der Waals surface area contributed by atoms with Crippen molar-refractivity contribution in [3.8, 4) is 11.3 Å². The summed E-state index contributed by atoms with van der Waals surface area (Å²) >= 11 is 0. The van der Waals surface area contributed by atoms with Gasteiger partial charge < -0.3 is 13.8 Å². The highest BCUT2D eigenvalue weighted by molar-refractivity contribution is 5.86. The van der Waals surface area contributed by atoms with Crippen LogP contribution < -0.4 is 0 Å². The lowest BCUT2D eigenvalue weighted by molar-refractivity contribution is 0.0391. The van der Waals surface area contributed by atoms with Crippen LogP contribution in [-0.2, 0) is 11.3 Å². The molecule has 0 aliphatic rings. The first-order chi connectivity index (χ1) is 10.2. The van der Waals surface area contributed by atoms with E-state index in [0.717, 1.165) is 5.56 Å². The van der Waals surface area contributed by atoms with Crippen LogP contribution >= 0.6 is 0 Å². The predicted octanol–water partition coefficient (Wildman–Crippen LogP) is 3.00. The lowest BCUT2D eigenvalue weighted by Gasteiger charge is -1.97. The summed E-state index contributed by atoms with van der Waals surface area (Å²) in [6.45, 7) is 1.71. The summed E-state index contributed by atoms with van der Waals surface area (Å²) < 4.78 is 15.0. The van der Waals surface area contributed by atoms with Crippen LogP contribution in [0.25, 0.3) is 11.3 Å². The molecule has 6 heteroatoms. The molecule has 0 N–H and O–H groups in total. The molecule has 0 saturated heterocycles. The van der Waals surface area contributed by atoms with Crippen molar-refractivity contribution < 1.29 is 18.6 Å². The van der Waals surface area contributed by atoms with Gasteiger partial charge in [-0.05, 0) is 6.92 Å². The van der Waals surface area contributed by atoms with Crippen LogP contribution in [0.15, 0.2) is 51.5 Å². The van der Waals surface area contributed by atoms with E-state index in [2.05, 4.69) is 10.3 Å². The van der Waals surface area contributed by atoms with Gasteiger partial charge in [-0.1, -0.05) is 40.6 Å². The van der Waals surface area contributed by atoms with Crippen LogP contribution in [0, 0.1) is 6.92 Å². The van der Waals surface area contributed by atoms with Gasteiger partial charge in [-0.15, -0.1) is 0 Å². The Balaban J connectivity index is 1.64. The van der Waals surface area contributed by atoms with E-state index in [-0.39, 0.29) is 12.4 Å². The number of carbonyl (C=O) groups excluding carboxylic acids is 1. The first-order valence-electron chi connectivity index (χ1n) is 6.34. The van der Waals surface area contributed by atoms with Crippen molar-refractivity contribution in [1.29, 1.82) is 0 Å². The van der Waals surface area contributed by atoms with Crippen molar-refractivity contribution >= 4 is 5.97 Å². The van der Waals surface area contributed by atoms with Crippen LogP contribution in [0.1, 0.15) is 22.0 Å². The Kier molecular flexibility index (Phi) is 3.51. The zero-order valence-corrected chi connectivity index (χ0v) is 11.3. The van der Waals surface area contributed by atoms with Crippen LogP contribution in [-0.4, -0.2) is 16.3 Å². The van der Waals surface area contributed by atoms with Crippen LogP contribution in [0.5, 0.6) is 0 Å². The molecule has 0 aliphatic heterocycles. The molecular formula is C15H12N2O4. The molecule has 0 bridgehead atoms. The zero-order chi connectivity index (χ0) is 14.7. The third-order valence-corrected chi connectivity index (χ3v) is 2.80. The SMILES string of the molecule is Cc1cc(C(=O)OCc2cc(-c3ccccc3)no2)on1. The normalized spacial score (nSPS) is 10.5. The second-order valence-electron chi connectivity index (χ2n) is 4.45. The minimum absolute atomic E-state index is 0.0155. The summed E-state index contributed by atoms with van der Waals surface area (Å²) in [6.07, 6.45) is 0. The summed E-state index contributed by atoms with van der Waals surface area (Å²) in [7, 11) is 0. The molecule has 6 nitrogen and oxygen atoms in total. The van der Waals surface area contributed by atoms with Crippen molar-refractivity contribution in [2.45, 2.75) is 13.5 Å². The van der Waals surface area contributed by atoms with Gasteiger partial charge in [0.05, 0.1) is 5.69 Å². The molecule has 0 spiro atoms. The summed E-state index contributed by atoms with van der Waals surface area (Å²) in [5, 5.41) is 7.56. The Hall–Kier alpha value is -2.89. The number of hydrogen-bond acceptors (Lipinski definition) is 6. The molecular weight excluding hydrogens is 272 g/mol. The maximum Gasteiger partial charge on any atom is 0.377 e. The van der Waals surface area contributed by atoms with E-state index in [4.69, 9.17) is 13.8 Å². The van der Waals surface area contributed by atoms with Gasteiger partial charge >= 0.3 is 5.97 Å². The van der Waals surface area contributed by atoms with Crippen LogP contribution in [0.2, 0.25) is 0 Å². The smallest absolute Gasteiger partial charge is 0.377 e. The van der Waals surface area contributed by atoms with Crippen molar-refractivity contribution in [3.63, 3.8) is 0 Å². The first kappa shape index (κ1) is 13.1. The van der Waals surface area contributed by atoms with E-state index >= 15 is 0 Å². The third-order valence-electron chi connectivity index (χ3n) is 2.80. The van der Waals surface area contributed by atoms with Gasteiger partial charge in [0.2, 0.25) is 5.76 Å². The monoisotopic (exact) mass is 284 g/mol. The number of nitrogens with zero attached hydrogens (tertiary/aromatic N) is 2. The van der Waals surface area contributed by atoms with E-state index in [1.807, 2.05) is 30.3 Å². The summed E-state index contributed by atoms with van der Waals surface area (Å²) in [5.41, 5.74) is 2.25. The average molecular weight is 284 g/mol. The topological polar surface area (TPSA) is 78.4 Å². The summed E-state index contributed by atoms with van der Waals surface area (Å²) in [6, 6.07) is 12.8. The molecule has 106 valence electrons. The molecule has 0 saturated carbocycles. The van der Waals surface area contributed by atoms with Crippen LogP contribution in [0.3, 0.4) is 0 Å². The Morgan fingerprint density at radius 2 is 1.95 bits per heavy atom. The number of carbonyl (C=O) groups is 1. The molecule has 3 rings (SSSR count). The van der Waals surface area contributed by atoms with Gasteiger partial charge in [-0.3, -0.25) is 0 Å². The summed E-state index contributed by atoms with van der Waals surface area (Å²) in [4.78, 5) is 11.7. The fraction of sp³-hybridized carbons (Fsp3) is 0.133. The minimum Gasteiger partial charge on any atom is -0.451 e. The fourth-order valence-corrected chi connectivity index (χ4v) is 1.79. The van der Waals surface area contributed by atoms with Crippen molar-refractivity contribution in [3.05, 3.63) is 59.7 Å². The second kappa shape index (κ2) is 5.62. The van der Waals surface area contributed by atoms with E-state index in [1.165, 1.54) is 6.07 Å². The highest BCUT2D eigenvalue weighted by Gasteiger charge is 2.15. The molecule has 2 aromatic heterocycles. The number of ether oxygens (including phenoxy) is 1. The molecule has 0 unspecified atom stereocenters. The average Bonchev–Trinajstić information content (AvgIpc) is 3.15. The Labute approximate surface area is 120 Å². The summed E-state index contributed by atoms with van der Waals surface area (Å²) in [5.74, 6) is -0.0676. The lowest BCUT2D eigenvalue weighted by atomic mass is 10.1. The molecule has 3 aromatic rings. The predicted molar refractivity (Wildman–Crippen MR) is 72.3 cm³/mol. The second-order valence-corrected chi connectivity index (χ2v) is 4.45. The molecule has 2 heterocycles. The standard InChI is InChI=1S/C15H12N2O4/c1-10-7-14(21-16-10)15(18)19-9-12-8-13(17-20-12)11-5-3-2-4-6-11/h2-8H,9H2,1H3. The number of aromatic nitrogens is 2. The van der Waals surface area contributed by atoms with Crippen molar-refractivity contribution in [1.82, 2.24) is 10.3 Å². The van der Waals surface area contributed by atoms with E-state index < -0.39 is 5.97 Å². The molecule has 0 radical (unpaired) electrons. The Morgan fingerprint density at radius 3 is 2.67 bits per heavy atom. The van der Waals surface area contributed by atoms with E-state index in [0.29, 0.717) is 17.1 Å². The molecule has 0 atom stereocenters. The largest absolute Gasteiger partial charge is 0.451 e.